The maximum absolute atomic E-state index is 14.3. The van der Waals surface area contributed by atoms with Gasteiger partial charge in [0.2, 0.25) is 70.9 Å². The molecule has 1 fully saturated rings. The summed E-state index contributed by atoms with van der Waals surface area (Å²) < 4.78 is 0. The lowest BCUT2D eigenvalue weighted by Gasteiger charge is -2.31. The number of thioether (sulfide) groups is 1. The first kappa shape index (κ1) is 70.0. The summed E-state index contributed by atoms with van der Waals surface area (Å²) in [6.45, 7) is 3.26. The number of hydrogen-bond acceptors (Lipinski definition) is 18. The van der Waals surface area contributed by atoms with Gasteiger partial charge in [-0.25, -0.2) is 9.78 Å². The third kappa shape index (κ3) is 22.8. The van der Waals surface area contributed by atoms with Gasteiger partial charge in [-0.1, -0.05) is 50.6 Å². The second-order valence-corrected chi connectivity index (χ2v) is 21.2. The molecule has 0 spiro atoms. The summed E-state index contributed by atoms with van der Waals surface area (Å²) in [5.41, 5.74) is 23.1. The fraction of sp³-hybridized carbons (Fsp3) is 0.577. The molecule has 31 nitrogen and oxygen atoms in total. The molecule has 2 aromatic rings. The Kier molecular flexibility index (Phi) is 29.2. The Morgan fingerprint density at radius 2 is 1.21 bits per heavy atom. The van der Waals surface area contributed by atoms with Crippen molar-refractivity contribution in [2.45, 2.75) is 158 Å². The molecule has 1 aliphatic heterocycles. The van der Waals surface area contributed by atoms with Crippen LogP contribution in [0.3, 0.4) is 0 Å². The number of rotatable bonds is 37. The monoisotopic (exact) mass is 1200 g/mol. The molecule has 20 N–H and O–H groups in total. The minimum Gasteiger partial charge on any atom is -0.480 e. The van der Waals surface area contributed by atoms with E-state index in [1.165, 1.54) is 36.1 Å². The van der Waals surface area contributed by atoms with Crippen LogP contribution in [0.5, 0.6) is 0 Å². The average Bonchev–Trinajstić information content (AvgIpc) is 4.36. The van der Waals surface area contributed by atoms with Crippen LogP contribution in [-0.4, -0.2) is 199 Å². The number of imidazole rings is 1. The summed E-state index contributed by atoms with van der Waals surface area (Å²) in [6.07, 6.45) is 0.840. The number of nitrogens with two attached hydrogens (primary N) is 4. The van der Waals surface area contributed by atoms with Crippen molar-refractivity contribution in [2.24, 2.45) is 28.9 Å². The Hall–Kier alpha value is -8.23. The summed E-state index contributed by atoms with van der Waals surface area (Å²) in [7, 11) is 0. The van der Waals surface area contributed by atoms with Crippen LogP contribution < -0.4 is 65.5 Å². The van der Waals surface area contributed by atoms with E-state index >= 15 is 0 Å². The Balaban J connectivity index is 1.81. The van der Waals surface area contributed by atoms with Gasteiger partial charge in [0.15, 0.2) is 0 Å². The Bertz CT molecular complexity index is 2620. The molecule has 0 bridgehead atoms. The number of carbonyl (C=O) groups is 13. The van der Waals surface area contributed by atoms with Crippen LogP contribution in [0.15, 0.2) is 42.9 Å². The van der Waals surface area contributed by atoms with E-state index in [0.717, 1.165) is 6.92 Å². The molecule has 12 atom stereocenters. The highest BCUT2D eigenvalue weighted by atomic mass is 32.2. The first-order valence-corrected chi connectivity index (χ1v) is 28.5. The van der Waals surface area contributed by atoms with Gasteiger partial charge in [0, 0.05) is 37.7 Å². The van der Waals surface area contributed by atoms with E-state index in [9.17, 15) is 77.6 Å². The van der Waals surface area contributed by atoms with Crippen molar-refractivity contribution < 1.29 is 77.6 Å². The van der Waals surface area contributed by atoms with Crippen LogP contribution in [0.1, 0.15) is 89.8 Å². The van der Waals surface area contributed by atoms with E-state index in [1.54, 1.807) is 43.5 Å². The third-order valence-corrected chi connectivity index (χ3v) is 14.3. The van der Waals surface area contributed by atoms with Crippen molar-refractivity contribution in [3.05, 3.63) is 54.1 Å². The molecule has 84 heavy (non-hydrogen) atoms. The molecular formula is C52H79N15O16S. The zero-order valence-electron chi connectivity index (χ0n) is 47.1. The molecule has 0 saturated carbocycles. The molecular weight excluding hydrogens is 1120 g/mol. The van der Waals surface area contributed by atoms with Gasteiger partial charge in [-0.2, -0.15) is 11.8 Å². The number of aliphatic carboxylic acids is 1. The van der Waals surface area contributed by atoms with Crippen LogP contribution in [0, 0.1) is 5.92 Å². The number of nitrogens with one attached hydrogen (secondary N) is 9. The second-order valence-electron chi connectivity index (χ2n) is 20.2. The number of aromatic nitrogens is 2. The molecule has 12 amide bonds. The van der Waals surface area contributed by atoms with Crippen LogP contribution in [0.25, 0.3) is 0 Å². The highest BCUT2D eigenvalue weighted by molar-refractivity contribution is 7.98. The minimum atomic E-state index is -1.89. The van der Waals surface area contributed by atoms with Crippen LogP contribution in [0.4, 0.5) is 0 Å². The summed E-state index contributed by atoms with van der Waals surface area (Å²) in [4.78, 5) is 180. The molecule has 32 heteroatoms. The third-order valence-electron chi connectivity index (χ3n) is 13.6. The Morgan fingerprint density at radius 3 is 1.76 bits per heavy atom. The SMILES string of the molecule is CC[C@H](C)[C@H](NC(=O)[C@H](CO)NC(=O)[C@H](CCC(N)=O)NC(=O)[C@@H](N)Cc1ccccc1)C(=O)N[C@@H](CC(N)=O)C(=O)N[C@H](C(=O)N[C@@H](CCSC)C(=O)N[C@@H](Cc1cnc[nH]1)C(=O)N1CCC[C@H]1C(=O)N[C@@H](CCC(N)=O)C(=O)O)[C@@H](C)O. The molecule has 1 aliphatic rings. The summed E-state index contributed by atoms with van der Waals surface area (Å²) in [6, 6.07) is -6.60. The van der Waals surface area contributed by atoms with Gasteiger partial charge >= 0.3 is 5.97 Å². The van der Waals surface area contributed by atoms with E-state index < -0.39 is 162 Å². The fourth-order valence-electron chi connectivity index (χ4n) is 8.72. The van der Waals surface area contributed by atoms with Crippen LogP contribution in [0.2, 0.25) is 0 Å². The van der Waals surface area contributed by atoms with Gasteiger partial charge in [0.1, 0.15) is 54.4 Å². The number of carboxylic acid groups (broad SMARTS) is 1. The highest BCUT2D eigenvalue weighted by Crippen LogP contribution is 2.21. The number of aromatic amines is 1. The number of carboxylic acids is 1. The number of H-pyrrole nitrogens is 1. The highest BCUT2D eigenvalue weighted by Gasteiger charge is 2.41. The number of aliphatic hydroxyl groups excluding tert-OH is 2. The first-order chi connectivity index (χ1) is 39.7. The van der Waals surface area contributed by atoms with Crippen LogP contribution >= 0.6 is 11.8 Å². The number of aliphatic hydroxyl groups is 2. The van der Waals surface area contributed by atoms with Crippen molar-refractivity contribution in [3.63, 3.8) is 0 Å². The molecule has 1 aromatic carbocycles. The number of amides is 12. The number of benzene rings is 1. The van der Waals surface area contributed by atoms with E-state index in [0.29, 0.717) is 17.7 Å². The molecule has 0 radical (unpaired) electrons. The van der Waals surface area contributed by atoms with Gasteiger partial charge in [0.05, 0.1) is 31.5 Å². The fourth-order valence-corrected chi connectivity index (χ4v) is 9.19. The number of likely N-dealkylation sites (tertiary alicyclic amines) is 1. The zero-order chi connectivity index (χ0) is 62.8. The minimum absolute atomic E-state index is 0.0278. The van der Waals surface area contributed by atoms with Crippen molar-refractivity contribution in [2.75, 3.05) is 25.2 Å². The van der Waals surface area contributed by atoms with E-state index in [2.05, 4.69) is 52.5 Å². The van der Waals surface area contributed by atoms with Gasteiger partial charge in [0.25, 0.3) is 0 Å². The van der Waals surface area contributed by atoms with E-state index in [1.807, 2.05) is 0 Å². The summed E-state index contributed by atoms with van der Waals surface area (Å²) in [5, 5.41) is 50.1. The lowest BCUT2D eigenvalue weighted by molar-refractivity contribution is -0.145. The van der Waals surface area contributed by atoms with Crippen molar-refractivity contribution >= 4 is 88.6 Å². The smallest absolute Gasteiger partial charge is 0.326 e. The van der Waals surface area contributed by atoms with Crippen molar-refractivity contribution in [3.8, 4) is 0 Å². The predicted molar refractivity (Wildman–Crippen MR) is 300 cm³/mol. The van der Waals surface area contributed by atoms with Crippen molar-refractivity contribution in [1.82, 2.24) is 57.4 Å². The standard InChI is InChI=1S/C52H79N15O16S/c1-5-26(2)41(65-47(77)36(24-68)64-44(74)31(13-15-38(54)70)59-43(73)30(53)20-28-10-7-6-8-11-28)49(79)62-34(22-40(56)72)46(76)66-42(27(3)69)50(80)60-32(17-19-84-4)45(75)63-35(21-29-23-57-25-58-29)51(81)67-18-9-12-37(67)48(78)61-33(52(82)83)14-16-39(55)71/h6-8,10-11,23,25-27,30-37,41-42,68-69H,5,9,12-22,24,53H2,1-4H3,(H2,54,70)(H2,55,71)(H2,56,72)(H,57,58)(H,59,73)(H,60,80)(H,61,78)(H,62,79)(H,63,75)(H,64,74)(H,65,77)(H,66,76)(H,82,83)/t26-,27+,30-,31-,32-,33-,34-,35-,36-,37-,41-,42-/m0/s1. The number of primary amides is 3. The molecule has 0 unspecified atom stereocenters. The first-order valence-electron chi connectivity index (χ1n) is 27.1. The Morgan fingerprint density at radius 1 is 0.679 bits per heavy atom. The lowest BCUT2D eigenvalue weighted by atomic mass is 9.97. The van der Waals surface area contributed by atoms with E-state index in [-0.39, 0.29) is 70.1 Å². The number of hydrogen-bond donors (Lipinski definition) is 16. The largest absolute Gasteiger partial charge is 0.480 e. The normalized spacial score (nSPS) is 16.8. The van der Waals surface area contributed by atoms with Crippen molar-refractivity contribution in [1.29, 1.82) is 0 Å². The van der Waals surface area contributed by atoms with Gasteiger partial charge in [-0.05, 0) is 68.9 Å². The Labute approximate surface area is 488 Å². The van der Waals surface area contributed by atoms with Crippen LogP contribution in [-0.2, 0) is 75.2 Å². The molecule has 464 valence electrons. The average molecular weight is 1200 g/mol. The zero-order valence-corrected chi connectivity index (χ0v) is 47.9. The topological polar surface area (TPSA) is 515 Å². The molecule has 3 rings (SSSR count). The van der Waals surface area contributed by atoms with E-state index in [4.69, 9.17) is 22.9 Å². The van der Waals surface area contributed by atoms with Gasteiger partial charge in [-0.15, -0.1) is 0 Å². The quantitative estimate of drug-likeness (QED) is 0.0299. The van der Waals surface area contributed by atoms with Gasteiger partial charge in [-0.3, -0.25) is 57.5 Å². The maximum atomic E-state index is 14.3. The molecule has 0 aliphatic carbocycles. The molecule has 2 heterocycles. The number of nitrogens with zero attached hydrogens (tertiary/aromatic N) is 2. The summed E-state index contributed by atoms with van der Waals surface area (Å²) in [5.74, 6) is -13.6. The predicted octanol–water partition coefficient (Wildman–Crippen LogP) is -5.95. The number of carbonyl (C=O) groups excluding carboxylic acids is 12. The molecule has 1 saturated heterocycles. The van der Waals surface area contributed by atoms with Gasteiger partial charge < -0.3 is 90.7 Å². The maximum Gasteiger partial charge on any atom is 0.326 e. The molecule has 1 aromatic heterocycles. The lowest BCUT2D eigenvalue weighted by Crippen LogP contribution is -2.63. The second kappa shape index (κ2) is 35.0. The summed E-state index contributed by atoms with van der Waals surface area (Å²) >= 11 is 1.28.